The number of likely N-dealkylation sites (tertiary alicyclic amines) is 1. The number of nitrogens with zero attached hydrogens (tertiary/aromatic N) is 2. The van der Waals surface area contributed by atoms with Crippen molar-refractivity contribution in [1.29, 1.82) is 0 Å². The van der Waals surface area contributed by atoms with Gasteiger partial charge in [0, 0.05) is 31.6 Å². The highest BCUT2D eigenvalue weighted by Crippen LogP contribution is 2.22. The minimum atomic E-state index is -3.51. The average Bonchev–Trinajstić information content (AvgIpc) is 3.22. The van der Waals surface area contributed by atoms with Crippen LogP contribution < -0.4 is 4.72 Å². The highest BCUT2D eigenvalue weighted by molar-refractivity contribution is 7.90. The summed E-state index contributed by atoms with van der Waals surface area (Å²) in [5.41, 5.74) is 0.592. The minimum absolute atomic E-state index is 0.00236. The van der Waals surface area contributed by atoms with Gasteiger partial charge in [-0.3, -0.25) is 19.3 Å². The van der Waals surface area contributed by atoms with Crippen molar-refractivity contribution in [2.45, 2.75) is 37.0 Å². The van der Waals surface area contributed by atoms with Crippen molar-refractivity contribution >= 4 is 27.7 Å². The molecule has 2 aliphatic heterocycles. The molecule has 2 heterocycles. The van der Waals surface area contributed by atoms with Crippen LogP contribution in [0.4, 0.5) is 0 Å². The van der Waals surface area contributed by atoms with Crippen molar-refractivity contribution in [3.63, 3.8) is 0 Å². The molecule has 0 aliphatic carbocycles. The number of carbonyl (C=O) groups excluding carboxylic acids is 1. The maximum Gasteiger partial charge on any atom is 0.308 e. The summed E-state index contributed by atoms with van der Waals surface area (Å²) < 4.78 is 26.5. The van der Waals surface area contributed by atoms with Crippen LogP contribution in [0.5, 0.6) is 0 Å². The Hall–Kier alpha value is -2.42. The molecule has 0 spiro atoms. The second-order valence-electron chi connectivity index (χ2n) is 6.81. The number of amidine groups is 1. The molecule has 2 N–H and O–H groups in total. The van der Waals surface area contributed by atoms with Gasteiger partial charge in [-0.25, -0.2) is 8.42 Å². The predicted octanol–water partition coefficient (Wildman–Crippen LogP) is 1.22. The fraction of sp³-hybridized carbons (Fsp3) is 0.500. The number of nitrogens with one attached hydrogen (secondary N) is 1. The third kappa shape index (κ3) is 4.47. The van der Waals surface area contributed by atoms with Crippen LogP contribution in [0.25, 0.3) is 0 Å². The highest BCUT2D eigenvalue weighted by Gasteiger charge is 2.31. The molecule has 2 aliphatic rings. The van der Waals surface area contributed by atoms with Crippen molar-refractivity contribution in [2.24, 2.45) is 10.9 Å². The zero-order valence-corrected chi connectivity index (χ0v) is 15.7. The number of hydrogen-bond acceptors (Lipinski definition) is 5. The monoisotopic (exact) mass is 393 g/mol. The van der Waals surface area contributed by atoms with Crippen LogP contribution in [0.1, 0.15) is 37.7 Å². The molecule has 3 rings (SSSR count). The van der Waals surface area contributed by atoms with Gasteiger partial charge in [-0.1, -0.05) is 18.6 Å². The van der Waals surface area contributed by atoms with Crippen LogP contribution >= 0.6 is 0 Å². The number of rotatable bonds is 7. The Morgan fingerprint density at radius 1 is 1.22 bits per heavy atom. The predicted molar refractivity (Wildman–Crippen MR) is 99.0 cm³/mol. The van der Waals surface area contributed by atoms with Crippen LogP contribution in [-0.2, 0) is 19.6 Å². The Bertz CT molecular complexity index is 866. The Morgan fingerprint density at radius 3 is 2.74 bits per heavy atom. The minimum Gasteiger partial charge on any atom is -0.481 e. The molecule has 146 valence electrons. The van der Waals surface area contributed by atoms with Gasteiger partial charge in [0.2, 0.25) is 5.91 Å². The number of amides is 1. The largest absolute Gasteiger partial charge is 0.481 e. The molecule has 1 unspecified atom stereocenters. The first-order valence-electron chi connectivity index (χ1n) is 9.06. The van der Waals surface area contributed by atoms with Gasteiger partial charge in [0.25, 0.3) is 10.0 Å². The molecule has 0 aromatic heterocycles. The first-order valence-corrected chi connectivity index (χ1v) is 10.5. The maximum atomic E-state index is 12.1. The SMILES string of the molecule is O=C(O)C1CCN(C(=O)CCCCCN=C2NS(=O)(=O)c3ccccc32)C1. The lowest BCUT2D eigenvalue weighted by atomic mass is 10.1. The number of hydrogen-bond donors (Lipinski definition) is 2. The number of benzene rings is 1. The Balaban J connectivity index is 1.40. The van der Waals surface area contributed by atoms with Crippen LogP contribution in [0.3, 0.4) is 0 Å². The van der Waals surface area contributed by atoms with Crippen molar-refractivity contribution in [3.8, 4) is 0 Å². The van der Waals surface area contributed by atoms with E-state index >= 15 is 0 Å². The van der Waals surface area contributed by atoms with Gasteiger partial charge in [0.15, 0.2) is 0 Å². The van der Waals surface area contributed by atoms with Crippen LogP contribution in [0, 0.1) is 5.92 Å². The van der Waals surface area contributed by atoms with Crippen molar-refractivity contribution in [1.82, 2.24) is 9.62 Å². The lowest BCUT2D eigenvalue weighted by molar-refractivity contribution is -0.141. The zero-order valence-electron chi connectivity index (χ0n) is 14.9. The molecule has 0 radical (unpaired) electrons. The normalized spacial score (nSPS) is 21.9. The molecule has 8 nitrogen and oxygen atoms in total. The highest BCUT2D eigenvalue weighted by atomic mass is 32.2. The van der Waals surface area contributed by atoms with Gasteiger partial charge < -0.3 is 10.0 Å². The van der Waals surface area contributed by atoms with E-state index in [0.29, 0.717) is 50.3 Å². The summed E-state index contributed by atoms with van der Waals surface area (Å²) in [7, 11) is -3.51. The fourth-order valence-electron chi connectivity index (χ4n) is 3.35. The molecule has 1 amide bonds. The number of carboxylic acids is 1. The van der Waals surface area contributed by atoms with E-state index in [1.165, 1.54) is 0 Å². The topological polar surface area (TPSA) is 116 Å². The summed E-state index contributed by atoms with van der Waals surface area (Å²) in [5.74, 6) is -0.905. The van der Waals surface area contributed by atoms with E-state index in [2.05, 4.69) is 9.71 Å². The molecule has 0 saturated carbocycles. The molecule has 1 aromatic rings. The molecular weight excluding hydrogens is 370 g/mol. The van der Waals surface area contributed by atoms with E-state index in [1.807, 2.05) is 0 Å². The molecule has 0 bridgehead atoms. The Kier molecular flexibility index (Phi) is 5.79. The second kappa shape index (κ2) is 8.08. The quantitative estimate of drug-likeness (QED) is 0.676. The van der Waals surface area contributed by atoms with Gasteiger partial charge >= 0.3 is 5.97 Å². The number of sulfonamides is 1. The smallest absolute Gasteiger partial charge is 0.308 e. The lowest BCUT2D eigenvalue weighted by Crippen LogP contribution is -2.29. The number of fused-ring (bicyclic) bond motifs is 1. The summed E-state index contributed by atoms with van der Waals surface area (Å²) in [4.78, 5) is 29.3. The molecule has 1 aromatic carbocycles. The number of unbranched alkanes of at least 4 members (excludes halogenated alkanes) is 2. The maximum absolute atomic E-state index is 12.1. The number of aliphatic carboxylic acids is 1. The van der Waals surface area contributed by atoms with E-state index < -0.39 is 21.9 Å². The number of carboxylic acid groups (broad SMARTS) is 1. The van der Waals surface area contributed by atoms with Crippen molar-refractivity contribution in [2.75, 3.05) is 19.6 Å². The molecule has 1 saturated heterocycles. The first kappa shape index (κ1) is 19.3. The van der Waals surface area contributed by atoms with Crippen molar-refractivity contribution < 1.29 is 23.1 Å². The molecule has 27 heavy (non-hydrogen) atoms. The average molecular weight is 393 g/mol. The number of aliphatic imine (C=N–C) groups is 1. The number of carbonyl (C=O) groups is 2. The third-order valence-electron chi connectivity index (χ3n) is 4.87. The van der Waals surface area contributed by atoms with Crippen molar-refractivity contribution in [3.05, 3.63) is 29.8 Å². The Morgan fingerprint density at radius 2 is 2.00 bits per heavy atom. The lowest BCUT2D eigenvalue weighted by Gasteiger charge is -2.15. The van der Waals surface area contributed by atoms with Gasteiger partial charge in [-0.05, 0) is 31.4 Å². The summed E-state index contributed by atoms with van der Waals surface area (Å²) in [6.45, 7) is 1.30. The van der Waals surface area contributed by atoms with Gasteiger partial charge in [-0.2, -0.15) is 0 Å². The standard InChI is InChI=1S/C18H23N3O5S/c22-16(21-11-9-13(12-21)18(23)24)8-2-1-5-10-19-17-14-6-3-4-7-15(14)27(25,26)20-17/h3-4,6-7,13H,1-2,5,8-12H2,(H,19,20)(H,23,24). The van der Waals surface area contributed by atoms with E-state index in [0.717, 1.165) is 12.8 Å². The Labute approximate surface area is 158 Å². The second-order valence-corrected chi connectivity index (χ2v) is 8.46. The molecule has 9 heteroatoms. The summed E-state index contributed by atoms with van der Waals surface area (Å²) in [6, 6.07) is 6.73. The van der Waals surface area contributed by atoms with E-state index in [9.17, 15) is 18.0 Å². The van der Waals surface area contributed by atoms with E-state index in [-0.39, 0.29) is 10.8 Å². The summed E-state index contributed by atoms with van der Waals surface area (Å²) >= 11 is 0. The van der Waals surface area contributed by atoms with Crippen LogP contribution in [-0.4, -0.2) is 55.8 Å². The van der Waals surface area contributed by atoms with Gasteiger partial charge in [-0.15, -0.1) is 0 Å². The zero-order chi connectivity index (χ0) is 19.4. The molecule has 1 atom stereocenters. The van der Waals surface area contributed by atoms with E-state index in [4.69, 9.17) is 5.11 Å². The first-order chi connectivity index (χ1) is 12.9. The van der Waals surface area contributed by atoms with Crippen LogP contribution in [0.15, 0.2) is 34.2 Å². The fourth-order valence-corrected chi connectivity index (χ4v) is 4.60. The molecular formula is C18H23N3O5S. The summed E-state index contributed by atoms with van der Waals surface area (Å²) in [5, 5.41) is 8.98. The van der Waals surface area contributed by atoms with Gasteiger partial charge in [0.1, 0.15) is 5.84 Å². The summed E-state index contributed by atoms with van der Waals surface area (Å²) in [6.07, 6.45) is 3.18. The van der Waals surface area contributed by atoms with Crippen LogP contribution in [0.2, 0.25) is 0 Å². The van der Waals surface area contributed by atoms with Gasteiger partial charge in [0.05, 0.1) is 10.8 Å². The van der Waals surface area contributed by atoms with E-state index in [1.54, 1.807) is 29.2 Å². The third-order valence-corrected chi connectivity index (χ3v) is 6.27. The molecule has 1 fully saturated rings.